The third-order valence-corrected chi connectivity index (χ3v) is 24.0. The molecular formula is C79H97N5O9. The first kappa shape index (κ1) is 64.0. The van der Waals surface area contributed by atoms with Gasteiger partial charge in [0.05, 0.1) is 28.4 Å². The summed E-state index contributed by atoms with van der Waals surface area (Å²) >= 11 is 0. The molecule has 6 heterocycles. The first-order valence-corrected chi connectivity index (χ1v) is 35.4. The number of aliphatic hydroxyl groups is 3. The zero-order chi connectivity index (χ0) is 64.2. The van der Waals surface area contributed by atoms with Crippen molar-refractivity contribution in [1.82, 2.24) is 26.6 Å². The molecule has 93 heavy (non-hydrogen) atoms. The molecule has 11 aliphatic rings. The van der Waals surface area contributed by atoms with E-state index in [0.717, 1.165) is 103 Å². The van der Waals surface area contributed by atoms with Gasteiger partial charge in [-0.3, -0.25) is 4.79 Å². The zero-order valence-electron chi connectivity index (χ0n) is 54.8. The first-order chi connectivity index (χ1) is 45.1. The number of aliphatic hydroxyl groups excluding tert-OH is 1. The summed E-state index contributed by atoms with van der Waals surface area (Å²) in [5.74, 6) is 5.85. The summed E-state index contributed by atoms with van der Waals surface area (Å²) in [5, 5.41) is 79.2. The van der Waals surface area contributed by atoms with Crippen molar-refractivity contribution >= 4 is 17.3 Å². The summed E-state index contributed by atoms with van der Waals surface area (Å²) in [6, 6.07) is 31.1. The van der Waals surface area contributed by atoms with Crippen LogP contribution < -0.4 is 26.6 Å². The molecule has 4 aromatic carbocycles. The molecule has 5 aliphatic heterocycles. The number of carbonyl (C=O) groups excluding carboxylic acids is 2. The van der Waals surface area contributed by atoms with Crippen LogP contribution >= 0.6 is 0 Å². The van der Waals surface area contributed by atoms with Crippen LogP contribution in [-0.4, -0.2) is 94.5 Å². The van der Waals surface area contributed by atoms with Gasteiger partial charge in [0, 0.05) is 68.1 Å². The molecule has 14 bridgehead atoms. The predicted octanol–water partition coefficient (Wildman–Crippen LogP) is 11.6. The number of cyclic esters (lactones) is 1. The summed E-state index contributed by atoms with van der Waals surface area (Å²) in [6.07, 6.45) is 14.8. The fourth-order valence-electron chi connectivity index (χ4n) is 19.8. The normalized spacial score (nSPS) is 32.2. The number of furan rings is 1. The number of piperidine rings is 1. The Morgan fingerprint density at radius 2 is 1.70 bits per heavy atom. The first-order valence-electron chi connectivity index (χ1n) is 35.4. The van der Waals surface area contributed by atoms with Crippen molar-refractivity contribution in [2.75, 3.05) is 39.8 Å². The van der Waals surface area contributed by atoms with Crippen LogP contribution in [0.15, 0.2) is 113 Å². The molecule has 2 saturated heterocycles. The van der Waals surface area contributed by atoms with Crippen molar-refractivity contribution in [3.8, 4) is 34.7 Å². The van der Waals surface area contributed by atoms with Gasteiger partial charge in [-0.25, -0.2) is 4.79 Å². The maximum absolute atomic E-state index is 16.4. The molecule has 16 rings (SSSR count). The number of rotatable bonds is 12. The molecule has 14 nitrogen and oxygen atoms in total. The molecule has 0 unspecified atom stereocenters. The average Bonchev–Trinajstić information content (AvgIpc) is 1.60. The SMILES string of the molecule is CCCNCc1cc2cc(c1)[C@@H]1NC[C@@](C)(O)CC#C[C@H](C3(O)CCCC3)C[C@@H]3C[C@@]([C@@H]4CCN[C@H](NC)C4)(CC(=O)c4oc(O)c5c4CC[C@H]4[C@H]6CC[C@]7(C(=C6c6cc(O)ccc6-c6cccc(c6)CNCC2)C(=O)O/C7=C\[C@H](CCO)Cc2ccccc2)[C@@H]54)C[C@H]31. The number of fused-ring (bicyclic) bond motifs is 5. The number of ketones is 1. The number of benzene rings is 4. The molecule has 6 aliphatic carbocycles. The zero-order valence-corrected chi connectivity index (χ0v) is 54.8. The van der Waals surface area contributed by atoms with E-state index < -0.39 is 33.9 Å². The Hall–Kier alpha value is -6.38. The lowest BCUT2D eigenvalue weighted by Crippen LogP contribution is -2.50. The highest BCUT2D eigenvalue weighted by Crippen LogP contribution is 2.74. The standard InChI is InChI=1S/C79H97N5O9/c1-4-29-81-46-52-34-49-22-30-82-45-51-14-10-15-53(36-51)59-18-17-58(86)41-63(59)68-60-21-28-79(66(92-75(89)71(68)79)38-50(24-32-85)33-48-12-6-5-7-13-48)70-61(60)19-20-62-69(70)74(88)93-73(62)65(87)44-77(56-23-31-83-67(40-56)80-3)42-55-39-57(78(91)26-8-9-27-78)16-11-25-76(2,90)47-84-72(64(55)43-77)54(35-49)37-52/h5-7,10,12-15,17-18,34-38,41,50,55-57,60-61,64,67,70,72,80-86,88,90-91H,4,8-9,19-33,39-40,42-47H2,1-3H3/b66-38-/t50-,55-,56-,57+,60-,61+,64-,67+,70-,72+,76+,77+,79-/m1/s1. The minimum Gasteiger partial charge on any atom is -0.508 e. The third kappa shape index (κ3) is 12.2. The third-order valence-electron chi connectivity index (χ3n) is 24.0. The van der Waals surface area contributed by atoms with Crippen molar-refractivity contribution in [3.05, 3.63) is 159 Å². The molecule has 1 spiro atoms. The smallest absolute Gasteiger partial charge is 0.340 e. The molecule has 5 fully saturated rings. The van der Waals surface area contributed by atoms with Crippen LogP contribution in [-0.2, 0) is 41.9 Å². The Morgan fingerprint density at radius 1 is 0.849 bits per heavy atom. The highest BCUT2D eigenvalue weighted by molar-refractivity contribution is 6.07. The molecule has 0 amide bonds. The van der Waals surface area contributed by atoms with Gasteiger partial charge in [0.2, 0.25) is 0 Å². The number of esters is 1. The molecule has 0 radical (unpaired) electrons. The fraction of sp³-hybridized carbons (Fsp3) is 0.544. The Labute approximate surface area is 549 Å². The summed E-state index contributed by atoms with van der Waals surface area (Å²) in [6.45, 7) is 7.98. The van der Waals surface area contributed by atoms with Gasteiger partial charge in [0.25, 0.3) is 5.95 Å². The number of carbonyl (C=O) groups is 2. The topological polar surface area (TPSA) is 218 Å². The van der Waals surface area contributed by atoms with Gasteiger partial charge >= 0.3 is 5.97 Å². The van der Waals surface area contributed by atoms with Crippen molar-refractivity contribution < 1.29 is 44.3 Å². The number of Topliss-reactive ketones (excluding diaryl/α,β-unsaturated/α-hetero) is 1. The maximum atomic E-state index is 16.4. The van der Waals surface area contributed by atoms with Crippen LogP contribution in [0.4, 0.5) is 0 Å². The minimum atomic E-state index is -1.17. The van der Waals surface area contributed by atoms with Gasteiger partial charge in [0.1, 0.15) is 11.5 Å². The van der Waals surface area contributed by atoms with Crippen molar-refractivity contribution in [2.45, 2.75) is 178 Å². The number of β-amino-alcohol motifs (C(OH)–C–C–N with tert-alkyl or cyclic N) is 1. The second-order valence-corrected chi connectivity index (χ2v) is 30.0. The number of allylic oxidation sites excluding steroid dienone is 3. The van der Waals surface area contributed by atoms with Gasteiger partial charge in [0.15, 0.2) is 11.5 Å². The van der Waals surface area contributed by atoms with Gasteiger partial charge in [-0.1, -0.05) is 104 Å². The van der Waals surface area contributed by atoms with E-state index in [2.05, 4.69) is 106 Å². The molecular weight excluding hydrogens is 1160 g/mol. The Bertz CT molecular complexity index is 3740. The predicted molar refractivity (Wildman–Crippen MR) is 360 cm³/mol. The van der Waals surface area contributed by atoms with E-state index in [1.807, 2.05) is 44.3 Å². The van der Waals surface area contributed by atoms with E-state index in [-0.39, 0.29) is 96.3 Å². The lowest BCUT2D eigenvalue weighted by atomic mass is 9.44. The van der Waals surface area contributed by atoms with Crippen LogP contribution in [0.2, 0.25) is 0 Å². The van der Waals surface area contributed by atoms with Gasteiger partial charge in [-0.2, -0.15) is 0 Å². The van der Waals surface area contributed by atoms with Crippen LogP contribution in [0.3, 0.4) is 0 Å². The van der Waals surface area contributed by atoms with Crippen molar-refractivity contribution in [1.29, 1.82) is 0 Å². The van der Waals surface area contributed by atoms with E-state index in [1.165, 1.54) is 11.1 Å². The van der Waals surface area contributed by atoms with Crippen LogP contribution in [0.25, 0.3) is 16.7 Å². The minimum absolute atomic E-state index is 0.0242. The molecule has 10 N–H and O–H groups in total. The Morgan fingerprint density at radius 3 is 2.52 bits per heavy atom. The van der Waals surface area contributed by atoms with Gasteiger partial charge < -0.3 is 61.3 Å². The van der Waals surface area contributed by atoms with Crippen molar-refractivity contribution in [2.24, 2.45) is 52.3 Å². The second kappa shape index (κ2) is 26.3. The van der Waals surface area contributed by atoms with E-state index >= 15 is 9.59 Å². The lowest BCUT2D eigenvalue weighted by molar-refractivity contribution is -0.132. The summed E-state index contributed by atoms with van der Waals surface area (Å²) < 4.78 is 13.5. The second-order valence-electron chi connectivity index (χ2n) is 30.0. The number of hydrogen-bond donors (Lipinski definition) is 10. The number of ether oxygens (including phenoxy) is 1. The van der Waals surface area contributed by atoms with E-state index in [4.69, 9.17) is 9.15 Å². The molecule has 1 aromatic heterocycles. The summed E-state index contributed by atoms with van der Waals surface area (Å²) in [7, 11) is 2.00. The lowest BCUT2D eigenvalue weighted by Gasteiger charge is -2.56. The highest BCUT2D eigenvalue weighted by atomic mass is 16.5. The average molecular weight is 1260 g/mol. The number of aromatic hydroxyl groups is 2. The molecule has 14 heteroatoms. The maximum Gasteiger partial charge on any atom is 0.340 e. The molecule has 13 atom stereocenters. The van der Waals surface area contributed by atoms with Gasteiger partial charge in [-0.05, 0) is 245 Å². The number of hydrogen-bond acceptors (Lipinski definition) is 14. The highest BCUT2D eigenvalue weighted by Gasteiger charge is 2.68. The van der Waals surface area contributed by atoms with E-state index in [1.54, 1.807) is 6.07 Å². The van der Waals surface area contributed by atoms with Crippen LogP contribution in [0.5, 0.6) is 11.7 Å². The molecule has 5 aromatic rings. The number of nitrogens with one attached hydrogen (secondary N) is 5. The fourth-order valence-corrected chi connectivity index (χ4v) is 19.8. The van der Waals surface area contributed by atoms with Gasteiger partial charge in [-0.15, -0.1) is 0 Å². The monoisotopic (exact) mass is 1260 g/mol. The van der Waals surface area contributed by atoms with Crippen molar-refractivity contribution in [3.63, 3.8) is 0 Å². The quantitative estimate of drug-likeness (QED) is 0.0319. The van der Waals surface area contributed by atoms with Crippen LogP contribution in [0, 0.1) is 64.1 Å². The van der Waals surface area contributed by atoms with Crippen LogP contribution in [0.1, 0.15) is 184 Å². The summed E-state index contributed by atoms with van der Waals surface area (Å²) in [4.78, 5) is 32.0. The Balaban J connectivity index is 0.961. The Kier molecular flexibility index (Phi) is 18.1. The molecule has 492 valence electrons. The van der Waals surface area contributed by atoms with E-state index in [9.17, 15) is 25.5 Å². The molecule has 3 saturated carbocycles. The largest absolute Gasteiger partial charge is 0.508 e. The number of phenols is 1. The number of phenolic OH excluding ortho intramolecular Hbond substituents is 1. The van der Waals surface area contributed by atoms with E-state index in [0.29, 0.717) is 106 Å². The summed E-state index contributed by atoms with van der Waals surface area (Å²) in [5.41, 5.74) is 7.35.